The van der Waals surface area contributed by atoms with Gasteiger partial charge in [0.1, 0.15) is 11.5 Å². The standard InChI is InChI=1S/C26H27NO5/c1-19(28)27-17-5-6-20-9-11-21(12-10-20)24(29)18-31-26(30)16-14-23-13-15-25(32-23)22-7-3-2-4-8-22/h2-4,7-13,15H,5-6,14,16-18H2,1H3,(H,27,28). The lowest BCUT2D eigenvalue weighted by Gasteiger charge is -2.06. The molecule has 1 N–H and O–H groups in total. The minimum atomic E-state index is -0.439. The predicted molar refractivity (Wildman–Crippen MR) is 121 cm³/mol. The zero-order valence-electron chi connectivity index (χ0n) is 18.1. The van der Waals surface area contributed by atoms with Crippen molar-refractivity contribution in [1.82, 2.24) is 5.32 Å². The van der Waals surface area contributed by atoms with Gasteiger partial charge in [0.15, 0.2) is 12.4 Å². The Kier molecular flexibility index (Phi) is 8.37. The Morgan fingerprint density at radius 3 is 2.38 bits per heavy atom. The van der Waals surface area contributed by atoms with Crippen LogP contribution in [0.2, 0.25) is 0 Å². The average molecular weight is 434 g/mol. The zero-order valence-corrected chi connectivity index (χ0v) is 18.1. The predicted octanol–water partition coefficient (Wildman–Crippen LogP) is 4.37. The molecule has 1 amide bonds. The molecule has 0 aliphatic carbocycles. The second-order valence-electron chi connectivity index (χ2n) is 7.50. The van der Waals surface area contributed by atoms with Crippen LogP contribution in [0, 0.1) is 0 Å². The fraction of sp³-hybridized carbons (Fsp3) is 0.269. The van der Waals surface area contributed by atoms with Crippen LogP contribution in [0.4, 0.5) is 0 Å². The van der Waals surface area contributed by atoms with Gasteiger partial charge in [-0.3, -0.25) is 14.4 Å². The van der Waals surface area contributed by atoms with Gasteiger partial charge in [0.05, 0.1) is 6.42 Å². The van der Waals surface area contributed by atoms with Crippen LogP contribution in [0.5, 0.6) is 0 Å². The first kappa shape index (κ1) is 23.0. The quantitative estimate of drug-likeness (QED) is 0.276. The number of Topliss-reactive ketones (excluding diaryl/α,β-unsaturated/α-hetero) is 1. The van der Waals surface area contributed by atoms with Gasteiger partial charge in [-0.25, -0.2) is 0 Å². The molecular formula is C26H27NO5. The van der Waals surface area contributed by atoms with Crippen molar-refractivity contribution in [3.05, 3.63) is 83.6 Å². The number of furan rings is 1. The van der Waals surface area contributed by atoms with Crippen molar-refractivity contribution in [2.45, 2.75) is 32.6 Å². The molecule has 3 rings (SSSR count). The number of carbonyl (C=O) groups is 3. The van der Waals surface area contributed by atoms with Gasteiger partial charge in [-0.05, 0) is 30.5 Å². The Morgan fingerprint density at radius 1 is 0.906 bits per heavy atom. The van der Waals surface area contributed by atoms with E-state index in [2.05, 4.69) is 5.32 Å². The monoisotopic (exact) mass is 433 g/mol. The molecule has 0 saturated carbocycles. The summed E-state index contributed by atoms with van der Waals surface area (Å²) in [7, 11) is 0. The molecule has 0 fully saturated rings. The van der Waals surface area contributed by atoms with E-state index >= 15 is 0 Å². The molecule has 1 aromatic heterocycles. The van der Waals surface area contributed by atoms with Gasteiger partial charge in [0.25, 0.3) is 0 Å². The fourth-order valence-corrected chi connectivity index (χ4v) is 3.21. The van der Waals surface area contributed by atoms with E-state index in [1.165, 1.54) is 6.92 Å². The highest BCUT2D eigenvalue weighted by atomic mass is 16.5. The minimum absolute atomic E-state index is 0.0402. The summed E-state index contributed by atoms with van der Waals surface area (Å²) >= 11 is 0. The third-order valence-corrected chi connectivity index (χ3v) is 4.95. The summed E-state index contributed by atoms with van der Waals surface area (Å²) in [5, 5.41) is 2.75. The molecule has 6 nitrogen and oxygen atoms in total. The maximum Gasteiger partial charge on any atom is 0.306 e. The maximum absolute atomic E-state index is 12.3. The van der Waals surface area contributed by atoms with E-state index in [0.717, 1.165) is 29.7 Å². The van der Waals surface area contributed by atoms with Crippen LogP contribution < -0.4 is 5.32 Å². The molecule has 0 aliphatic rings. The molecule has 0 bridgehead atoms. The molecule has 0 saturated heterocycles. The first-order valence-electron chi connectivity index (χ1n) is 10.7. The Labute approximate surface area is 187 Å². The molecule has 166 valence electrons. The van der Waals surface area contributed by atoms with E-state index in [1.54, 1.807) is 12.1 Å². The van der Waals surface area contributed by atoms with E-state index in [-0.39, 0.29) is 24.7 Å². The summed E-state index contributed by atoms with van der Waals surface area (Å²) in [5.74, 6) is 0.726. The normalized spacial score (nSPS) is 10.5. The lowest BCUT2D eigenvalue weighted by atomic mass is 10.1. The molecule has 32 heavy (non-hydrogen) atoms. The molecule has 0 spiro atoms. The van der Waals surface area contributed by atoms with Crippen LogP contribution in [0.3, 0.4) is 0 Å². The van der Waals surface area contributed by atoms with Crippen LogP contribution >= 0.6 is 0 Å². The van der Waals surface area contributed by atoms with Crippen molar-refractivity contribution >= 4 is 17.7 Å². The molecule has 2 aromatic carbocycles. The van der Waals surface area contributed by atoms with Gasteiger partial charge >= 0.3 is 5.97 Å². The number of nitrogens with one attached hydrogen (secondary N) is 1. The second kappa shape index (κ2) is 11.6. The number of amides is 1. The highest BCUT2D eigenvalue weighted by Gasteiger charge is 2.12. The summed E-state index contributed by atoms with van der Waals surface area (Å²) in [6.07, 6.45) is 2.19. The molecule has 0 atom stereocenters. The van der Waals surface area contributed by atoms with Crippen LogP contribution in [-0.2, 0) is 27.2 Å². The Bertz CT molecular complexity index is 1040. The summed E-state index contributed by atoms with van der Waals surface area (Å²) in [6.45, 7) is 1.83. The number of rotatable bonds is 11. The van der Waals surface area contributed by atoms with E-state index in [9.17, 15) is 14.4 Å². The van der Waals surface area contributed by atoms with Crippen LogP contribution in [0.25, 0.3) is 11.3 Å². The SMILES string of the molecule is CC(=O)NCCCc1ccc(C(=O)COC(=O)CCc2ccc(-c3ccccc3)o2)cc1. The topological polar surface area (TPSA) is 85.6 Å². The van der Waals surface area contributed by atoms with Gasteiger partial charge in [0, 0.05) is 31.0 Å². The molecule has 0 radical (unpaired) electrons. The molecule has 6 heteroatoms. The van der Waals surface area contributed by atoms with Crippen molar-refractivity contribution in [2.24, 2.45) is 0 Å². The summed E-state index contributed by atoms with van der Waals surface area (Å²) in [5.41, 5.74) is 2.56. The summed E-state index contributed by atoms with van der Waals surface area (Å²) in [6, 6.07) is 20.7. The van der Waals surface area contributed by atoms with Crippen molar-refractivity contribution < 1.29 is 23.5 Å². The molecule has 0 unspecified atom stereocenters. The van der Waals surface area contributed by atoms with Crippen LogP contribution in [0.1, 0.15) is 41.4 Å². The van der Waals surface area contributed by atoms with Gasteiger partial charge in [-0.15, -0.1) is 0 Å². The number of ketones is 1. The fourth-order valence-electron chi connectivity index (χ4n) is 3.21. The largest absolute Gasteiger partial charge is 0.461 e. The second-order valence-corrected chi connectivity index (χ2v) is 7.50. The van der Waals surface area contributed by atoms with E-state index in [0.29, 0.717) is 24.3 Å². The Hall–Kier alpha value is -3.67. The first-order chi connectivity index (χ1) is 15.5. The lowest BCUT2D eigenvalue weighted by molar-refractivity contribution is -0.142. The van der Waals surface area contributed by atoms with Gasteiger partial charge in [-0.2, -0.15) is 0 Å². The number of carbonyl (C=O) groups excluding carboxylic acids is 3. The van der Waals surface area contributed by atoms with Crippen molar-refractivity contribution in [1.29, 1.82) is 0 Å². The Balaban J connectivity index is 1.38. The third kappa shape index (κ3) is 7.23. The number of ether oxygens (including phenoxy) is 1. The number of benzene rings is 2. The average Bonchev–Trinajstić information content (AvgIpc) is 3.29. The highest BCUT2D eigenvalue weighted by Crippen LogP contribution is 2.22. The lowest BCUT2D eigenvalue weighted by Crippen LogP contribution is -2.21. The maximum atomic E-state index is 12.3. The number of hydrogen-bond acceptors (Lipinski definition) is 5. The van der Waals surface area contributed by atoms with Crippen molar-refractivity contribution in [2.75, 3.05) is 13.2 Å². The Morgan fingerprint density at radius 2 is 1.66 bits per heavy atom. The minimum Gasteiger partial charge on any atom is -0.461 e. The molecule has 1 heterocycles. The van der Waals surface area contributed by atoms with Gasteiger partial charge < -0.3 is 14.5 Å². The first-order valence-corrected chi connectivity index (χ1v) is 10.7. The smallest absolute Gasteiger partial charge is 0.306 e. The van der Waals surface area contributed by atoms with E-state index < -0.39 is 5.97 Å². The summed E-state index contributed by atoms with van der Waals surface area (Å²) in [4.78, 5) is 35.2. The van der Waals surface area contributed by atoms with Crippen LogP contribution in [0.15, 0.2) is 71.1 Å². The number of hydrogen-bond donors (Lipinski definition) is 1. The van der Waals surface area contributed by atoms with Gasteiger partial charge in [0.2, 0.25) is 5.91 Å². The molecule has 0 aliphatic heterocycles. The number of esters is 1. The van der Waals surface area contributed by atoms with Crippen LogP contribution in [-0.4, -0.2) is 30.8 Å². The van der Waals surface area contributed by atoms with E-state index in [4.69, 9.17) is 9.15 Å². The van der Waals surface area contributed by atoms with Crippen molar-refractivity contribution in [3.63, 3.8) is 0 Å². The van der Waals surface area contributed by atoms with Gasteiger partial charge in [-0.1, -0.05) is 54.6 Å². The van der Waals surface area contributed by atoms with Crippen molar-refractivity contribution in [3.8, 4) is 11.3 Å². The number of aryl methyl sites for hydroxylation is 2. The third-order valence-electron chi connectivity index (χ3n) is 4.95. The zero-order chi connectivity index (χ0) is 22.8. The summed E-state index contributed by atoms with van der Waals surface area (Å²) < 4.78 is 10.9. The van der Waals surface area contributed by atoms with E-state index in [1.807, 2.05) is 54.6 Å². The highest BCUT2D eigenvalue weighted by molar-refractivity contribution is 5.97. The molecule has 3 aromatic rings. The molecular weight excluding hydrogens is 406 g/mol.